The van der Waals surface area contributed by atoms with E-state index in [1.54, 1.807) is 12.2 Å². The minimum Gasteiger partial charge on any atom is -0.508 e. The maximum Gasteiger partial charge on any atom is 0.111 e. The summed E-state index contributed by atoms with van der Waals surface area (Å²) in [7, 11) is 2.18. The van der Waals surface area contributed by atoms with E-state index in [0.29, 0.717) is 11.8 Å². The molecule has 1 aliphatic carbocycles. The predicted molar refractivity (Wildman–Crippen MR) is 113 cm³/mol. The van der Waals surface area contributed by atoms with E-state index in [2.05, 4.69) is 57.2 Å². The summed E-state index contributed by atoms with van der Waals surface area (Å²) in [4.78, 5) is 2.40. The van der Waals surface area contributed by atoms with Crippen LogP contribution in [0.2, 0.25) is 0 Å². The van der Waals surface area contributed by atoms with Crippen LogP contribution in [0, 0.1) is 5.41 Å². The Bertz CT molecular complexity index is 538. The van der Waals surface area contributed by atoms with Crippen molar-refractivity contribution in [3.8, 4) is 0 Å². The fraction of sp³-hybridized carbons (Fsp3) is 0.478. The molecule has 2 nitrogen and oxygen atoms in total. The van der Waals surface area contributed by atoms with Gasteiger partial charge in [-0.3, -0.25) is 0 Å². The quantitative estimate of drug-likeness (QED) is 0.475. The van der Waals surface area contributed by atoms with Gasteiger partial charge >= 0.3 is 0 Å². The molecule has 0 aromatic carbocycles. The van der Waals surface area contributed by atoms with Crippen LogP contribution in [0.4, 0.5) is 0 Å². The Morgan fingerprint density at radius 2 is 1.84 bits per heavy atom. The van der Waals surface area contributed by atoms with Gasteiger partial charge in [-0.2, -0.15) is 0 Å². The topological polar surface area (TPSA) is 23.5 Å². The third kappa shape index (κ3) is 5.89. The third-order valence-corrected chi connectivity index (χ3v) is 4.65. The summed E-state index contributed by atoms with van der Waals surface area (Å²) in [6, 6.07) is 0.545. The van der Waals surface area contributed by atoms with Crippen molar-refractivity contribution in [2.45, 2.75) is 53.5 Å². The molecule has 2 aliphatic rings. The molecule has 2 unspecified atom stereocenters. The average molecular weight is 344 g/mol. The molecule has 2 atom stereocenters. The van der Waals surface area contributed by atoms with Crippen molar-refractivity contribution in [1.82, 2.24) is 4.90 Å². The minimum absolute atomic E-state index is 0.000370. The van der Waals surface area contributed by atoms with Crippen molar-refractivity contribution in [2.24, 2.45) is 5.41 Å². The first-order valence-corrected chi connectivity index (χ1v) is 9.29. The number of rotatable bonds is 3. The normalized spacial score (nSPS) is 26.2. The molecule has 1 saturated heterocycles. The molecule has 0 radical (unpaired) electrons. The zero-order valence-electron chi connectivity index (χ0n) is 17.0. The number of allylic oxidation sites excluding steroid dienone is 7. The molecule has 2 heteroatoms. The summed E-state index contributed by atoms with van der Waals surface area (Å²) in [5.74, 6) is 0.353. The van der Waals surface area contributed by atoms with Crippen molar-refractivity contribution in [3.63, 3.8) is 0 Å². The van der Waals surface area contributed by atoms with Crippen LogP contribution < -0.4 is 0 Å². The van der Waals surface area contributed by atoms with Gasteiger partial charge in [0.25, 0.3) is 0 Å². The average Bonchev–Trinajstić information content (AvgIpc) is 2.77. The van der Waals surface area contributed by atoms with Crippen LogP contribution in [-0.4, -0.2) is 29.6 Å². The van der Waals surface area contributed by atoms with Crippen molar-refractivity contribution >= 4 is 0 Å². The first kappa shape index (κ1) is 23.2. The lowest BCUT2D eigenvalue weighted by molar-refractivity contribution is 0.320. The summed E-state index contributed by atoms with van der Waals surface area (Å²) < 4.78 is 0. The molecule has 0 spiro atoms. The molecule has 0 saturated carbocycles. The van der Waals surface area contributed by atoms with Crippen molar-refractivity contribution < 1.29 is 5.11 Å². The van der Waals surface area contributed by atoms with E-state index in [4.69, 9.17) is 0 Å². The van der Waals surface area contributed by atoms with Crippen LogP contribution >= 0.6 is 0 Å². The van der Waals surface area contributed by atoms with Crippen LogP contribution in [0.3, 0.4) is 0 Å². The largest absolute Gasteiger partial charge is 0.508 e. The van der Waals surface area contributed by atoms with E-state index in [1.165, 1.54) is 11.1 Å². The molecule has 0 aromatic heterocycles. The van der Waals surface area contributed by atoms with Gasteiger partial charge < -0.3 is 10.0 Å². The highest BCUT2D eigenvalue weighted by Gasteiger charge is 2.44. The van der Waals surface area contributed by atoms with Crippen LogP contribution in [-0.2, 0) is 0 Å². The van der Waals surface area contributed by atoms with E-state index < -0.39 is 0 Å². The summed E-state index contributed by atoms with van der Waals surface area (Å²) in [6.45, 7) is 18.6. The van der Waals surface area contributed by atoms with E-state index in [0.717, 1.165) is 19.4 Å². The van der Waals surface area contributed by atoms with E-state index >= 15 is 0 Å². The lowest BCUT2D eigenvalue weighted by atomic mass is 9.71. The Labute approximate surface area is 155 Å². The monoisotopic (exact) mass is 343 g/mol. The minimum atomic E-state index is -0.000370. The van der Waals surface area contributed by atoms with Gasteiger partial charge in [0.1, 0.15) is 5.76 Å². The first-order valence-electron chi connectivity index (χ1n) is 9.29. The molecule has 1 aliphatic heterocycles. The van der Waals surface area contributed by atoms with Crippen molar-refractivity contribution in [3.05, 3.63) is 72.6 Å². The fourth-order valence-electron chi connectivity index (χ4n) is 3.45. The van der Waals surface area contributed by atoms with E-state index in [9.17, 15) is 5.11 Å². The second kappa shape index (κ2) is 11.7. The number of likely N-dealkylation sites (tertiary alicyclic amines) is 1. The first-order chi connectivity index (χ1) is 11.9. The molecular weight excluding hydrogens is 306 g/mol. The standard InChI is InChI=1S/C18H25NO.C3H6.C2H6/c1-5-15(6-2)18(12-14(3)19(4)13-18)16-8-7-9-17(20)11-10-16;1-3-2;1-2/h5-6,8-11,14,20H,1,7,12-13H2,2-4H3;3H,1H2,2H3;1-2H3/b15-6+;;. The van der Waals surface area contributed by atoms with Gasteiger partial charge in [-0.1, -0.05) is 50.8 Å². The second-order valence-electron chi connectivity index (χ2n) is 6.26. The van der Waals surface area contributed by atoms with Crippen LogP contribution in [0.1, 0.15) is 47.5 Å². The highest BCUT2D eigenvalue weighted by molar-refractivity contribution is 5.45. The second-order valence-corrected chi connectivity index (χ2v) is 6.26. The lowest BCUT2D eigenvalue weighted by Crippen LogP contribution is -2.28. The highest BCUT2D eigenvalue weighted by Crippen LogP contribution is 2.47. The Balaban J connectivity index is 0.00000104. The van der Waals surface area contributed by atoms with Crippen LogP contribution in [0.5, 0.6) is 0 Å². The molecule has 140 valence electrons. The van der Waals surface area contributed by atoms with Gasteiger partial charge in [0.15, 0.2) is 0 Å². The number of nitrogens with zero attached hydrogens (tertiary/aromatic N) is 1. The van der Waals surface area contributed by atoms with Crippen LogP contribution in [0.25, 0.3) is 0 Å². The van der Waals surface area contributed by atoms with Gasteiger partial charge in [-0.25, -0.2) is 0 Å². The van der Waals surface area contributed by atoms with Gasteiger partial charge in [0.2, 0.25) is 0 Å². The fourth-order valence-corrected chi connectivity index (χ4v) is 3.45. The Morgan fingerprint density at radius 1 is 1.24 bits per heavy atom. The summed E-state index contributed by atoms with van der Waals surface area (Å²) in [6.07, 6.45) is 15.7. The highest BCUT2D eigenvalue weighted by atomic mass is 16.3. The number of hydrogen-bond acceptors (Lipinski definition) is 2. The van der Waals surface area contributed by atoms with Crippen molar-refractivity contribution in [2.75, 3.05) is 13.6 Å². The Hall–Kier alpha value is -1.80. The maximum atomic E-state index is 9.69. The van der Waals surface area contributed by atoms with Crippen LogP contribution in [0.15, 0.2) is 72.6 Å². The smallest absolute Gasteiger partial charge is 0.111 e. The molecule has 0 amide bonds. The molecule has 1 fully saturated rings. The lowest BCUT2D eigenvalue weighted by Gasteiger charge is -2.32. The maximum absolute atomic E-state index is 9.69. The number of aliphatic hydroxyl groups is 1. The predicted octanol–water partition coefficient (Wildman–Crippen LogP) is 6.38. The number of hydrogen-bond donors (Lipinski definition) is 1. The zero-order valence-corrected chi connectivity index (χ0v) is 17.0. The molecule has 0 bridgehead atoms. The zero-order chi connectivity index (χ0) is 19.5. The summed E-state index contributed by atoms with van der Waals surface area (Å²) in [5.41, 5.74) is 2.58. The van der Waals surface area contributed by atoms with Crippen molar-refractivity contribution in [1.29, 1.82) is 0 Å². The van der Waals surface area contributed by atoms with Gasteiger partial charge in [0.05, 0.1) is 0 Å². The summed E-state index contributed by atoms with van der Waals surface area (Å²) >= 11 is 0. The number of aliphatic hydroxyl groups excluding tert-OH is 1. The molecule has 25 heavy (non-hydrogen) atoms. The molecule has 0 aromatic rings. The molecule has 1 N–H and O–H groups in total. The Morgan fingerprint density at radius 3 is 2.28 bits per heavy atom. The molecule has 1 heterocycles. The van der Waals surface area contributed by atoms with Gasteiger partial charge in [-0.05, 0) is 64.0 Å². The molecular formula is C23H37NO. The van der Waals surface area contributed by atoms with E-state index in [1.807, 2.05) is 32.9 Å². The van der Waals surface area contributed by atoms with Gasteiger partial charge in [-0.15, -0.1) is 6.58 Å². The SMILES string of the molecule is C=C/C(=C\C)C1(C2=CCC=C(O)C=C2)CC(C)N(C)C1.C=CC.CC. The molecule has 2 rings (SSSR count). The van der Waals surface area contributed by atoms with E-state index in [-0.39, 0.29) is 5.41 Å². The van der Waals surface area contributed by atoms with Gasteiger partial charge in [0, 0.05) is 18.0 Å². The summed E-state index contributed by atoms with van der Waals surface area (Å²) in [5, 5.41) is 9.69. The Kier molecular flexibility index (Phi) is 10.9. The third-order valence-electron chi connectivity index (χ3n) is 4.65.